The van der Waals surface area contributed by atoms with Gasteiger partial charge in [-0.25, -0.2) is 0 Å². The van der Waals surface area contributed by atoms with Crippen LogP contribution in [0.3, 0.4) is 0 Å². The van der Waals surface area contributed by atoms with E-state index in [0.29, 0.717) is 11.8 Å². The molecule has 1 aromatic heterocycles. The Morgan fingerprint density at radius 3 is 3.11 bits per heavy atom. The van der Waals surface area contributed by atoms with Gasteiger partial charge in [0.2, 0.25) is 0 Å². The number of aliphatic carboxylic acids is 1. The van der Waals surface area contributed by atoms with Crippen LogP contribution in [0, 0.1) is 0 Å². The number of rotatable bonds is 4. The Kier molecular flexibility index (Phi) is 4.26. The third-order valence-electron chi connectivity index (χ3n) is 3.10. The molecule has 7 heteroatoms. The van der Waals surface area contributed by atoms with Crippen LogP contribution in [0.2, 0.25) is 0 Å². The van der Waals surface area contributed by atoms with Crippen LogP contribution in [0.25, 0.3) is 0 Å². The predicted octanol–water partition coefficient (Wildman–Crippen LogP) is 0.946. The fourth-order valence-corrected chi connectivity index (χ4v) is 2.96. The summed E-state index contributed by atoms with van der Waals surface area (Å²) in [7, 11) is 0. The number of nitrogens with zero attached hydrogens (tertiary/aromatic N) is 2. The molecule has 2 rings (SSSR count). The summed E-state index contributed by atoms with van der Waals surface area (Å²) in [5.74, 6) is -1.05. The second-order valence-corrected chi connectivity index (χ2v) is 5.70. The first kappa shape index (κ1) is 14.1. The fraction of sp³-hybridized carbons (Fsp3) is 0.583. The Labute approximate surface area is 114 Å². The molecular weight excluding hydrogens is 268 g/mol. The molecule has 1 aliphatic heterocycles. The van der Waals surface area contributed by atoms with Crippen LogP contribution >= 0.6 is 11.8 Å². The minimum atomic E-state index is -0.931. The van der Waals surface area contributed by atoms with E-state index in [9.17, 15) is 9.59 Å². The summed E-state index contributed by atoms with van der Waals surface area (Å²) < 4.78 is 7.36. The monoisotopic (exact) mass is 284 g/mol. The summed E-state index contributed by atoms with van der Waals surface area (Å²) in [6.07, 6.45) is 3.53. The van der Waals surface area contributed by atoms with E-state index in [4.69, 9.17) is 9.84 Å². The van der Waals surface area contributed by atoms with Gasteiger partial charge in [-0.2, -0.15) is 4.98 Å². The average Bonchev–Trinajstić information content (AvgIpc) is 2.37. The lowest BCUT2D eigenvalue weighted by molar-refractivity contribution is -0.133. The van der Waals surface area contributed by atoms with E-state index in [0.717, 1.165) is 31.2 Å². The van der Waals surface area contributed by atoms with Crippen LogP contribution in [0.15, 0.2) is 22.2 Å². The highest BCUT2D eigenvalue weighted by molar-refractivity contribution is 7.99. The number of aromatic nitrogens is 2. The van der Waals surface area contributed by atoms with E-state index in [1.54, 1.807) is 6.20 Å². The smallest absolute Gasteiger partial charge is 0.313 e. The summed E-state index contributed by atoms with van der Waals surface area (Å²) in [6.45, 7) is 3.31. The van der Waals surface area contributed by atoms with Crippen LogP contribution in [0.1, 0.15) is 19.8 Å². The lowest BCUT2D eigenvalue weighted by Gasteiger charge is -2.36. The van der Waals surface area contributed by atoms with E-state index >= 15 is 0 Å². The van der Waals surface area contributed by atoms with Crippen molar-refractivity contribution in [1.82, 2.24) is 9.55 Å². The first-order valence-electron chi connectivity index (χ1n) is 6.04. The van der Waals surface area contributed by atoms with Gasteiger partial charge in [0.05, 0.1) is 17.9 Å². The standard InChI is InChI=1S/C12H16N2O4S/c1-12(4-2-6-18-8-12)14-5-3-9(15)13-11(14)19-7-10(16)17/h3,5H,2,4,6-8H2,1H3,(H,16,17). The van der Waals surface area contributed by atoms with E-state index in [2.05, 4.69) is 4.98 Å². The number of thioether (sulfide) groups is 1. The maximum Gasteiger partial charge on any atom is 0.313 e. The molecule has 1 aromatic rings. The molecule has 2 heterocycles. The van der Waals surface area contributed by atoms with Crippen molar-refractivity contribution in [2.45, 2.75) is 30.5 Å². The Morgan fingerprint density at radius 2 is 2.47 bits per heavy atom. The average molecular weight is 284 g/mol. The topological polar surface area (TPSA) is 81.4 Å². The van der Waals surface area contributed by atoms with Crippen molar-refractivity contribution in [1.29, 1.82) is 0 Å². The molecule has 1 atom stereocenters. The minimum absolute atomic E-state index is 0.118. The van der Waals surface area contributed by atoms with Crippen LogP contribution in [0.4, 0.5) is 0 Å². The van der Waals surface area contributed by atoms with Crippen LogP contribution in [0.5, 0.6) is 0 Å². The molecule has 0 radical (unpaired) electrons. The van der Waals surface area contributed by atoms with E-state index in [1.165, 1.54) is 6.07 Å². The molecule has 1 fully saturated rings. The van der Waals surface area contributed by atoms with Gasteiger partial charge in [-0.05, 0) is 19.8 Å². The van der Waals surface area contributed by atoms with Crippen LogP contribution in [-0.2, 0) is 15.1 Å². The first-order chi connectivity index (χ1) is 9.01. The Hall–Kier alpha value is -1.34. The molecule has 1 aliphatic rings. The Balaban J connectivity index is 2.32. The van der Waals surface area contributed by atoms with Gasteiger partial charge < -0.3 is 14.4 Å². The molecule has 104 valence electrons. The highest BCUT2D eigenvalue weighted by Crippen LogP contribution is 2.30. The summed E-state index contributed by atoms with van der Waals surface area (Å²) in [5, 5.41) is 9.18. The molecule has 19 heavy (non-hydrogen) atoms. The number of carbonyl (C=O) groups is 1. The molecule has 1 unspecified atom stereocenters. The van der Waals surface area contributed by atoms with Crippen molar-refractivity contribution in [2.24, 2.45) is 0 Å². The zero-order valence-corrected chi connectivity index (χ0v) is 11.5. The minimum Gasteiger partial charge on any atom is -0.481 e. The van der Waals surface area contributed by atoms with Gasteiger partial charge in [0.25, 0.3) is 5.56 Å². The molecule has 0 saturated carbocycles. The Morgan fingerprint density at radius 1 is 1.68 bits per heavy atom. The van der Waals surface area contributed by atoms with Gasteiger partial charge in [-0.1, -0.05) is 11.8 Å². The maximum atomic E-state index is 11.4. The second-order valence-electron chi connectivity index (χ2n) is 4.75. The lowest BCUT2D eigenvalue weighted by Crippen LogP contribution is -2.40. The molecule has 0 amide bonds. The third-order valence-corrected chi connectivity index (χ3v) is 4.04. The molecular formula is C12H16N2O4S. The summed E-state index contributed by atoms with van der Waals surface area (Å²) >= 11 is 1.06. The van der Waals surface area contributed by atoms with E-state index in [-0.39, 0.29) is 16.9 Å². The van der Waals surface area contributed by atoms with Gasteiger partial charge in [-0.3, -0.25) is 9.59 Å². The summed E-state index contributed by atoms with van der Waals surface area (Å²) in [6, 6.07) is 1.39. The highest BCUT2D eigenvalue weighted by atomic mass is 32.2. The van der Waals surface area contributed by atoms with Gasteiger partial charge in [0.15, 0.2) is 5.16 Å². The molecule has 6 nitrogen and oxygen atoms in total. The van der Waals surface area contributed by atoms with Gasteiger partial charge >= 0.3 is 5.97 Å². The number of ether oxygens (including phenoxy) is 1. The number of carboxylic acid groups (broad SMARTS) is 1. The fourth-order valence-electron chi connectivity index (χ4n) is 2.14. The van der Waals surface area contributed by atoms with E-state index in [1.807, 2.05) is 11.5 Å². The van der Waals surface area contributed by atoms with E-state index < -0.39 is 5.97 Å². The van der Waals surface area contributed by atoms with Crippen LogP contribution < -0.4 is 5.56 Å². The van der Waals surface area contributed by atoms with Gasteiger partial charge in [-0.15, -0.1) is 0 Å². The van der Waals surface area contributed by atoms with Crippen molar-refractivity contribution >= 4 is 17.7 Å². The van der Waals surface area contributed by atoms with Crippen molar-refractivity contribution in [3.63, 3.8) is 0 Å². The van der Waals surface area contributed by atoms with Gasteiger partial charge in [0.1, 0.15) is 0 Å². The maximum absolute atomic E-state index is 11.4. The molecule has 0 spiro atoms. The van der Waals surface area contributed by atoms with Gasteiger partial charge in [0, 0.05) is 18.9 Å². The lowest BCUT2D eigenvalue weighted by atomic mass is 9.94. The van der Waals surface area contributed by atoms with Crippen LogP contribution in [-0.4, -0.2) is 39.6 Å². The number of hydrogen-bond acceptors (Lipinski definition) is 5. The van der Waals surface area contributed by atoms with Crippen molar-refractivity contribution in [2.75, 3.05) is 19.0 Å². The van der Waals surface area contributed by atoms with Crippen molar-refractivity contribution in [3.05, 3.63) is 22.6 Å². The molecule has 1 N–H and O–H groups in total. The molecule has 0 aliphatic carbocycles. The van der Waals surface area contributed by atoms with Crippen molar-refractivity contribution in [3.8, 4) is 0 Å². The largest absolute Gasteiger partial charge is 0.481 e. The second kappa shape index (κ2) is 5.75. The molecule has 0 bridgehead atoms. The Bertz CT molecular complexity index is 523. The SMILES string of the molecule is CC1(n2ccc(=O)nc2SCC(=O)O)CCCOC1. The third kappa shape index (κ3) is 3.36. The zero-order chi connectivity index (χ0) is 13.9. The number of hydrogen-bond donors (Lipinski definition) is 1. The molecule has 1 saturated heterocycles. The van der Waals surface area contributed by atoms with Crippen molar-refractivity contribution < 1.29 is 14.6 Å². The number of carboxylic acids is 1. The summed E-state index contributed by atoms with van der Waals surface area (Å²) in [4.78, 5) is 25.9. The molecule has 0 aromatic carbocycles. The summed E-state index contributed by atoms with van der Waals surface area (Å²) in [5.41, 5.74) is -0.635. The first-order valence-corrected chi connectivity index (χ1v) is 7.02. The quantitative estimate of drug-likeness (QED) is 0.655. The normalized spacial score (nSPS) is 23.2. The highest BCUT2D eigenvalue weighted by Gasteiger charge is 2.31. The zero-order valence-electron chi connectivity index (χ0n) is 10.7. The predicted molar refractivity (Wildman–Crippen MR) is 70.6 cm³/mol.